The van der Waals surface area contributed by atoms with E-state index in [2.05, 4.69) is 4.98 Å². The van der Waals surface area contributed by atoms with Crippen LogP contribution in [0.2, 0.25) is 0 Å². The second-order valence-electron chi connectivity index (χ2n) is 5.03. The number of piperazine rings is 1. The summed E-state index contributed by atoms with van der Waals surface area (Å²) < 4.78 is 5.11. The lowest BCUT2D eigenvalue weighted by Crippen LogP contribution is -2.50. The van der Waals surface area contributed by atoms with Gasteiger partial charge in [0.1, 0.15) is 5.82 Å². The average Bonchev–Trinajstić information content (AvgIpc) is 3.08. The molecule has 1 fully saturated rings. The van der Waals surface area contributed by atoms with Crippen LogP contribution < -0.4 is 5.73 Å². The summed E-state index contributed by atoms with van der Waals surface area (Å²) in [5.74, 6) is 0.392. The number of anilines is 1. The number of pyridine rings is 1. The first-order valence-corrected chi connectivity index (χ1v) is 6.99. The normalized spacial score (nSPS) is 14.9. The van der Waals surface area contributed by atoms with E-state index < -0.39 is 0 Å². The first-order valence-electron chi connectivity index (χ1n) is 6.99. The Kier molecular flexibility index (Phi) is 3.78. The van der Waals surface area contributed by atoms with E-state index in [0.717, 1.165) is 0 Å². The van der Waals surface area contributed by atoms with Crippen molar-refractivity contribution in [3.8, 4) is 0 Å². The van der Waals surface area contributed by atoms with Crippen molar-refractivity contribution < 1.29 is 14.0 Å². The Hall–Kier alpha value is -2.83. The maximum absolute atomic E-state index is 12.4. The minimum atomic E-state index is -0.148. The standard InChI is InChI=1S/C15H16N4O3/c16-13-10-11(3-4-17-13)14(20)18-5-7-19(8-6-18)15(21)12-2-1-9-22-12/h1-4,9-10H,5-8H2,(H2,16,17). The van der Waals surface area contributed by atoms with Gasteiger partial charge in [0.15, 0.2) is 5.76 Å². The molecule has 0 radical (unpaired) electrons. The molecule has 0 aromatic carbocycles. The van der Waals surface area contributed by atoms with Crippen molar-refractivity contribution in [2.75, 3.05) is 31.9 Å². The van der Waals surface area contributed by atoms with Crippen LogP contribution in [0.4, 0.5) is 5.82 Å². The highest BCUT2D eigenvalue weighted by atomic mass is 16.3. The van der Waals surface area contributed by atoms with Gasteiger partial charge < -0.3 is 20.0 Å². The largest absolute Gasteiger partial charge is 0.459 e. The summed E-state index contributed by atoms with van der Waals surface area (Å²) in [4.78, 5) is 31.8. The van der Waals surface area contributed by atoms with E-state index in [1.165, 1.54) is 12.5 Å². The van der Waals surface area contributed by atoms with Crippen LogP contribution in [-0.2, 0) is 0 Å². The van der Waals surface area contributed by atoms with Crippen LogP contribution in [0.25, 0.3) is 0 Å². The molecule has 2 amide bonds. The zero-order valence-corrected chi connectivity index (χ0v) is 11.9. The third-order valence-corrected chi connectivity index (χ3v) is 3.61. The molecule has 3 rings (SSSR count). The third kappa shape index (κ3) is 2.78. The molecule has 0 saturated carbocycles. The molecule has 1 saturated heterocycles. The van der Waals surface area contributed by atoms with Crippen molar-refractivity contribution in [2.45, 2.75) is 0 Å². The van der Waals surface area contributed by atoms with Crippen LogP contribution in [0.1, 0.15) is 20.9 Å². The van der Waals surface area contributed by atoms with E-state index in [0.29, 0.717) is 43.3 Å². The summed E-state index contributed by atoms with van der Waals surface area (Å²) in [6, 6.07) is 6.52. The van der Waals surface area contributed by atoms with Crippen LogP contribution in [0.5, 0.6) is 0 Å². The van der Waals surface area contributed by atoms with Gasteiger partial charge in [-0.3, -0.25) is 9.59 Å². The molecule has 3 heterocycles. The predicted octanol–water partition coefficient (Wildman–Crippen LogP) is 0.855. The molecule has 22 heavy (non-hydrogen) atoms. The van der Waals surface area contributed by atoms with E-state index in [-0.39, 0.29) is 11.8 Å². The number of rotatable bonds is 2. The van der Waals surface area contributed by atoms with Gasteiger partial charge in [0, 0.05) is 37.9 Å². The molecule has 1 aliphatic rings. The number of nitrogen functional groups attached to an aromatic ring is 1. The summed E-state index contributed by atoms with van der Waals surface area (Å²) in [5.41, 5.74) is 6.11. The number of nitrogens with zero attached hydrogens (tertiary/aromatic N) is 3. The van der Waals surface area contributed by atoms with Crippen LogP contribution in [0.15, 0.2) is 41.1 Å². The molecule has 0 bridgehead atoms. The summed E-state index contributed by atoms with van der Waals surface area (Å²) in [5, 5.41) is 0. The molecule has 0 atom stereocenters. The van der Waals surface area contributed by atoms with E-state index in [1.807, 2.05) is 0 Å². The molecule has 2 aromatic heterocycles. The van der Waals surface area contributed by atoms with E-state index in [4.69, 9.17) is 10.2 Å². The van der Waals surface area contributed by atoms with Gasteiger partial charge in [0.25, 0.3) is 11.8 Å². The summed E-state index contributed by atoms with van der Waals surface area (Å²) in [6.07, 6.45) is 2.99. The first kappa shape index (κ1) is 14.1. The van der Waals surface area contributed by atoms with Crippen molar-refractivity contribution in [2.24, 2.45) is 0 Å². The molecule has 7 heteroatoms. The van der Waals surface area contributed by atoms with E-state index in [1.54, 1.807) is 34.1 Å². The molecule has 7 nitrogen and oxygen atoms in total. The van der Waals surface area contributed by atoms with Gasteiger partial charge in [-0.05, 0) is 24.3 Å². The maximum atomic E-state index is 12.4. The van der Waals surface area contributed by atoms with Crippen LogP contribution in [0, 0.1) is 0 Å². The summed E-state index contributed by atoms with van der Waals surface area (Å²) in [6.45, 7) is 1.92. The zero-order chi connectivity index (χ0) is 15.5. The Bertz CT molecular complexity index is 676. The van der Waals surface area contributed by atoms with Crippen LogP contribution in [-0.4, -0.2) is 52.8 Å². The highest BCUT2D eigenvalue weighted by Gasteiger charge is 2.26. The van der Waals surface area contributed by atoms with Gasteiger partial charge in [0.05, 0.1) is 6.26 Å². The lowest BCUT2D eigenvalue weighted by atomic mass is 10.2. The summed E-state index contributed by atoms with van der Waals surface area (Å²) in [7, 11) is 0. The van der Waals surface area contributed by atoms with Crippen molar-refractivity contribution >= 4 is 17.6 Å². The fourth-order valence-corrected chi connectivity index (χ4v) is 2.43. The smallest absolute Gasteiger partial charge is 0.289 e. The Morgan fingerprint density at radius 2 is 1.77 bits per heavy atom. The molecular weight excluding hydrogens is 284 g/mol. The van der Waals surface area contributed by atoms with Gasteiger partial charge in [-0.25, -0.2) is 4.98 Å². The maximum Gasteiger partial charge on any atom is 0.289 e. The quantitative estimate of drug-likeness (QED) is 0.887. The predicted molar refractivity (Wildman–Crippen MR) is 79.2 cm³/mol. The number of aromatic nitrogens is 1. The lowest BCUT2D eigenvalue weighted by molar-refractivity contribution is 0.0518. The van der Waals surface area contributed by atoms with Crippen molar-refractivity contribution in [3.63, 3.8) is 0 Å². The Balaban J connectivity index is 1.62. The highest BCUT2D eigenvalue weighted by Crippen LogP contribution is 2.13. The molecule has 0 spiro atoms. The van der Waals surface area contributed by atoms with E-state index in [9.17, 15) is 9.59 Å². The topological polar surface area (TPSA) is 92.7 Å². The van der Waals surface area contributed by atoms with Crippen LogP contribution >= 0.6 is 0 Å². The Labute approximate surface area is 127 Å². The number of carbonyl (C=O) groups excluding carboxylic acids is 2. The van der Waals surface area contributed by atoms with E-state index >= 15 is 0 Å². The SMILES string of the molecule is Nc1cc(C(=O)N2CCN(C(=O)c3ccco3)CC2)ccn1. The number of amides is 2. The highest BCUT2D eigenvalue weighted by molar-refractivity contribution is 5.95. The molecule has 0 aliphatic carbocycles. The van der Waals surface area contributed by atoms with Gasteiger partial charge in [-0.1, -0.05) is 0 Å². The lowest BCUT2D eigenvalue weighted by Gasteiger charge is -2.34. The molecule has 114 valence electrons. The molecular formula is C15H16N4O3. The minimum absolute atomic E-state index is 0.0980. The fourth-order valence-electron chi connectivity index (χ4n) is 2.43. The second kappa shape index (κ2) is 5.88. The van der Waals surface area contributed by atoms with Gasteiger partial charge >= 0.3 is 0 Å². The Morgan fingerprint density at radius 1 is 1.09 bits per heavy atom. The third-order valence-electron chi connectivity index (χ3n) is 3.61. The first-order chi connectivity index (χ1) is 10.6. The van der Waals surface area contributed by atoms with Crippen molar-refractivity contribution in [1.29, 1.82) is 0 Å². The van der Waals surface area contributed by atoms with Crippen molar-refractivity contribution in [3.05, 3.63) is 48.0 Å². The number of carbonyl (C=O) groups is 2. The van der Waals surface area contributed by atoms with Gasteiger partial charge in [0.2, 0.25) is 0 Å². The molecule has 1 aliphatic heterocycles. The monoisotopic (exact) mass is 300 g/mol. The second-order valence-corrected chi connectivity index (χ2v) is 5.03. The Morgan fingerprint density at radius 3 is 2.36 bits per heavy atom. The van der Waals surface area contributed by atoms with Gasteiger partial charge in [-0.2, -0.15) is 0 Å². The number of nitrogens with two attached hydrogens (primary N) is 1. The molecule has 2 N–H and O–H groups in total. The molecule has 0 unspecified atom stereocenters. The summed E-state index contributed by atoms with van der Waals surface area (Å²) >= 11 is 0. The fraction of sp³-hybridized carbons (Fsp3) is 0.267. The van der Waals surface area contributed by atoms with Gasteiger partial charge in [-0.15, -0.1) is 0 Å². The number of hydrogen-bond acceptors (Lipinski definition) is 5. The minimum Gasteiger partial charge on any atom is -0.459 e. The molecule has 2 aromatic rings. The van der Waals surface area contributed by atoms with Crippen LogP contribution in [0.3, 0.4) is 0 Å². The average molecular weight is 300 g/mol. The number of furan rings is 1. The zero-order valence-electron chi connectivity index (χ0n) is 11.9. The number of hydrogen-bond donors (Lipinski definition) is 1. The van der Waals surface area contributed by atoms with Crippen molar-refractivity contribution in [1.82, 2.24) is 14.8 Å².